The third kappa shape index (κ3) is 5.79. The Morgan fingerprint density at radius 3 is 2.62 bits per heavy atom. The summed E-state index contributed by atoms with van der Waals surface area (Å²) in [5.41, 5.74) is 1.65. The molecule has 7 heteroatoms. The molecule has 0 aliphatic rings. The molecule has 0 spiro atoms. The van der Waals surface area contributed by atoms with Gasteiger partial charge in [-0.2, -0.15) is 0 Å². The van der Waals surface area contributed by atoms with Gasteiger partial charge in [-0.1, -0.05) is 23.7 Å². The predicted molar refractivity (Wildman–Crippen MR) is 93.7 cm³/mol. The molecule has 0 fully saturated rings. The molecule has 2 rings (SSSR count). The smallest absolute Gasteiger partial charge is 0.306 e. The largest absolute Gasteiger partial charge is 0.456 e. The number of ketones is 1. The van der Waals surface area contributed by atoms with Gasteiger partial charge in [-0.3, -0.25) is 14.4 Å². The van der Waals surface area contributed by atoms with Crippen molar-refractivity contribution in [2.45, 2.75) is 19.8 Å². The summed E-state index contributed by atoms with van der Waals surface area (Å²) >= 11 is 6.93. The Morgan fingerprint density at radius 1 is 1.17 bits per heavy atom. The van der Waals surface area contributed by atoms with E-state index in [4.69, 9.17) is 16.3 Å². The average molecular weight is 366 g/mol. The summed E-state index contributed by atoms with van der Waals surface area (Å²) in [6, 6.07) is 10.5. The van der Waals surface area contributed by atoms with Gasteiger partial charge in [-0.25, -0.2) is 0 Å². The molecule has 0 saturated heterocycles. The maximum Gasteiger partial charge on any atom is 0.306 e. The number of rotatable bonds is 7. The molecule has 2 aromatic rings. The molecular formula is C17H16ClNO4S. The van der Waals surface area contributed by atoms with Gasteiger partial charge >= 0.3 is 5.97 Å². The molecular weight excluding hydrogens is 350 g/mol. The highest BCUT2D eigenvalue weighted by Gasteiger charge is 2.13. The summed E-state index contributed by atoms with van der Waals surface area (Å²) in [4.78, 5) is 35.7. The van der Waals surface area contributed by atoms with Crippen LogP contribution >= 0.6 is 22.9 Å². The Balaban J connectivity index is 1.71. The fraction of sp³-hybridized carbons (Fsp3) is 0.235. The molecule has 0 aliphatic carbocycles. The lowest BCUT2D eigenvalue weighted by molar-refractivity contribution is -0.147. The van der Waals surface area contributed by atoms with Crippen LogP contribution in [-0.4, -0.2) is 24.3 Å². The summed E-state index contributed by atoms with van der Waals surface area (Å²) in [5.74, 6) is -1.19. The Labute approximate surface area is 148 Å². The second-order valence-corrected chi connectivity index (χ2v) is 6.82. The number of carbonyl (C=O) groups excluding carboxylic acids is 3. The minimum Gasteiger partial charge on any atom is -0.456 e. The van der Waals surface area contributed by atoms with Crippen LogP contribution in [0, 0.1) is 6.92 Å². The molecule has 0 aliphatic heterocycles. The second-order valence-electron chi connectivity index (χ2n) is 5.11. The number of hydrogen-bond acceptors (Lipinski definition) is 5. The van der Waals surface area contributed by atoms with Gasteiger partial charge in [0.15, 0.2) is 12.4 Å². The van der Waals surface area contributed by atoms with Gasteiger partial charge in [0.1, 0.15) is 0 Å². The lowest BCUT2D eigenvalue weighted by Gasteiger charge is -2.07. The first-order chi connectivity index (χ1) is 11.4. The van der Waals surface area contributed by atoms with Crippen molar-refractivity contribution >= 4 is 46.3 Å². The first-order valence-corrected chi connectivity index (χ1v) is 8.44. The van der Waals surface area contributed by atoms with Crippen molar-refractivity contribution in [1.29, 1.82) is 0 Å². The van der Waals surface area contributed by atoms with Crippen molar-refractivity contribution in [3.63, 3.8) is 0 Å². The van der Waals surface area contributed by atoms with Crippen LogP contribution in [0.15, 0.2) is 36.4 Å². The molecule has 24 heavy (non-hydrogen) atoms. The molecule has 0 radical (unpaired) electrons. The van der Waals surface area contributed by atoms with Crippen molar-refractivity contribution in [1.82, 2.24) is 0 Å². The van der Waals surface area contributed by atoms with E-state index < -0.39 is 11.9 Å². The highest BCUT2D eigenvalue weighted by molar-refractivity contribution is 7.18. The van der Waals surface area contributed by atoms with E-state index in [1.54, 1.807) is 18.2 Å². The molecule has 1 heterocycles. The third-order valence-electron chi connectivity index (χ3n) is 3.07. The normalized spacial score (nSPS) is 10.2. The summed E-state index contributed by atoms with van der Waals surface area (Å²) in [5, 5.41) is 2.64. The Morgan fingerprint density at radius 2 is 1.96 bits per heavy atom. The average Bonchev–Trinajstić information content (AvgIpc) is 2.97. The van der Waals surface area contributed by atoms with E-state index in [1.165, 1.54) is 11.3 Å². The third-order valence-corrected chi connectivity index (χ3v) is 4.34. The number of Topliss-reactive ketones (excluding diaryl/α,β-unsaturated/α-hetero) is 1. The van der Waals surface area contributed by atoms with Crippen LogP contribution < -0.4 is 5.32 Å². The quantitative estimate of drug-likeness (QED) is 0.597. The van der Waals surface area contributed by atoms with Crippen molar-refractivity contribution in [3.8, 4) is 0 Å². The zero-order chi connectivity index (χ0) is 17.5. The van der Waals surface area contributed by atoms with Gasteiger partial charge in [0.2, 0.25) is 0 Å². The summed E-state index contributed by atoms with van der Waals surface area (Å²) in [7, 11) is 0. The van der Waals surface area contributed by atoms with Crippen LogP contribution in [0.5, 0.6) is 0 Å². The van der Waals surface area contributed by atoms with E-state index in [1.807, 2.05) is 25.1 Å². The number of carbonyl (C=O) groups is 3. The van der Waals surface area contributed by atoms with Crippen LogP contribution in [0.2, 0.25) is 4.34 Å². The maximum absolute atomic E-state index is 11.8. The molecule has 1 amide bonds. The highest BCUT2D eigenvalue weighted by atomic mass is 35.5. The molecule has 126 valence electrons. The minimum atomic E-state index is -0.592. The van der Waals surface area contributed by atoms with Crippen LogP contribution in [0.4, 0.5) is 5.69 Å². The number of benzene rings is 1. The van der Waals surface area contributed by atoms with Gasteiger partial charge in [0.05, 0.1) is 15.6 Å². The molecule has 1 aromatic heterocycles. The van der Waals surface area contributed by atoms with Gasteiger partial charge in [-0.15, -0.1) is 11.3 Å². The van der Waals surface area contributed by atoms with E-state index in [9.17, 15) is 14.4 Å². The Kier molecular flexibility index (Phi) is 6.52. The van der Waals surface area contributed by atoms with E-state index >= 15 is 0 Å². The first-order valence-electron chi connectivity index (χ1n) is 7.25. The molecule has 1 N–H and O–H groups in total. The fourth-order valence-corrected chi connectivity index (χ4v) is 2.95. The fourth-order valence-electron chi connectivity index (χ4n) is 1.94. The number of esters is 1. The number of aryl methyl sites for hydroxylation is 1. The van der Waals surface area contributed by atoms with Crippen LogP contribution in [0.25, 0.3) is 0 Å². The zero-order valence-corrected chi connectivity index (χ0v) is 14.6. The van der Waals surface area contributed by atoms with Crippen molar-refractivity contribution < 1.29 is 19.1 Å². The number of anilines is 1. The SMILES string of the molecule is Cc1cccc(NC(=O)COC(=O)CCC(=O)c2ccc(Cl)s2)c1. The zero-order valence-electron chi connectivity index (χ0n) is 13.0. The Hall–Kier alpha value is -2.18. The maximum atomic E-state index is 11.8. The lowest BCUT2D eigenvalue weighted by Crippen LogP contribution is -2.21. The molecule has 0 unspecified atom stereocenters. The molecule has 1 aromatic carbocycles. The van der Waals surface area contributed by atoms with Crippen LogP contribution in [0.1, 0.15) is 28.1 Å². The van der Waals surface area contributed by atoms with E-state index in [2.05, 4.69) is 5.32 Å². The van der Waals surface area contributed by atoms with E-state index in [0.717, 1.165) is 5.56 Å². The van der Waals surface area contributed by atoms with E-state index in [-0.39, 0.29) is 25.2 Å². The Bertz CT molecular complexity index is 757. The number of amides is 1. The predicted octanol–water partition coefficient (Wildman–Crippen LogP) is 3.85. The van der Waals surface area contributed by atoms with Crippen LogP contribution in [0.3, 0.4) is 0 Å². The van der Waals surface area contributed by atoms with Gasteiger partial charge < -0.3 is 10.1 Å². The molecule has 5 nitrogen and oxygen atoms in total. The summed E-state index contributed by atoms with van der Waals surface area (Å²) in [6.45, 7) is 1.53. The number of ether oxygens (including phenoxy) is 1. The number of halogens is 1. The first kappa shape index (κ1) is 18.2. The van der Waals surface area contributed by atoms with Gasteiger partial charge in [0, 0.05) is 12.1 Å². The number of thiophene rings is 1. The number of nitrogens with one attached hydrogen (secondary N) is 1. The monoisotopic (exact) mass is 365 g/mol. The molecule has 0 saturated carbocycles. The van der Waals surface area contributed by atoms with Crippen molar-refractivity contribution in [2.24, 2.45) is 0 Å². The summed E-state index contributed by atoms with van der Waals surface area (Å²) in [6.07, 6.45) is -0.0543. The minimum absolute atomic E-state index is 0.0230. The van der Waals surface area contributed by atoms with Crippen molar-refractivity contribution in [3.05, 3.63) is 51.2 Å². The van der Waals surface area contributed by atoms with Gasteiger partial charge in [0.25, 0.3) is 5.91 Å². The van der Waals surface area contributed by atoms with Crippen molar-refractivity contribution in [2.75, 3.05) is 11.9 Å². The second kappa shape index (κ2) is 8.61. The van der Waals surface area contributed by atoms with E-state index in [0.29, 0.717) is 14.9 Å². The highest BCUT2D eigenvalue weighted by Crippen LogP contribution is 2.22. The molecule has 0 atom stereocenters. The van der Waals surface area contributed by atoms with Gasteiger partial charge in [-0.05, 0) is 36.8 Å². The van der Waals surface area contributed by atoms with Crippen LogP contribution in [-0.2, 0) is 14.3 Å². The summed E-state index contributed by atoms with van der Waals surface area (Å²) < 4.78 is 5.39. The standard InChI is InChI=1S/C17H16ClNO4S/c1-11-3-2-4-12(9-11)19-16(21)10-23-17(22)8-5-13(20)14-6-7-15(18)24-14/h2-4,6-7,9H,5,8,10H2,1H3,(H,19,21). The lowest BCUT2D eigenvalue weighted by atomic mass is 10.2. The topological polar surface area (TPSA) is 72.5 Å². The molecule has 0 bridgehead atoms. The number of hydrogen-bond donors (Lipinski definition) is 1.